The van der Waals surface area contributed by atoms with Crippen molar-refractivity contribution >= 4 is 5.91 Å². The molecular formula is C14H19N5O4. The predicted molar refractivity (Wildman–Crippen MR) is 78.1 cm³/mol. The third kappa shape index (κ3) is 3.34. The number of ether oxygens (including phenoxy) is 2. The second-order valence-corrected chi connectivity index (χ2v) is 5.56. The van der Waals surface area contributed by atoms with Gasteiger partial charge in [-0.25, -0.2) is 4.68 Å². The number of aromatic nitrogens is 4. The molecule has 1 fully saturated rings. The fraction of sp³-hybridized carbons (Fsp3) is 0.571. The number of nitrogens with zero attached hydrogens (tertiary/aromatic N) is 4. The fourth-order valence-corrected chi connectivity index (χ4v) is 2.61. The quantitative estimate of drug-likeness (QED) is 0.833. The molecule has 23 heavy (non-hydrogen) atoms. The van der Waals surface area contributed by atoms with Gasteiger partial charge in [0.1, 0.15) is 5.76 Å². The van der Waals surface area contributed by atoms with Crippen LogP contribution in [0, 0.1) is 12.8 Å². The van der Waals surface area contributed by atoms with Crippen LogP contribution in [0.3, 0.4) is 0 Å². The van der Waals surface area contributed by atoms with Gasteiger partial charge in [-0.3, -0.25) is 4.79 Å². The summed E-state index contributed by atoms with van der Waals surface area (Å²) in [5.41, 5.74) is 0.837. The minimum absolute atomic E-state index is 0.0745. The molecule has 0 spiro atoms. The summed E-state index contributed by atoms with van der Waals surface area (Å²) in [6.07, 6.45) is 0.657. The molecular weight excluding hydrogens is 302 g/mol. The molecule has 3 heterocycles. The first kappa shape index (κ1) is 15.5. The Kier molecular flexibility index (Phi) is 4.28. The molecule has 2 aromatic rings. The lowest BCUT2D eigenvalue weighted by atomic mass is 9.98. The van der Waals surface area contributed by atoms with Crippen LogP contribution in [0.2, 0.25) is 0 Å². The van der Waals surface area contributed by atoms with Crippen LogP contribution >= 0.6 is 0 Å². The summed E-state index contributed by atoms with van der Waals surface area (Å²) in [4.78, 5) is 16.3. The van der Waals surface area contributed by atoms with Gasteiger partial charge in [0.15, 0.2) is 0 Å². The molecule has 1 aliphatic heterocycles. The summed E-state index contributed by atoms with van der Waals surface area (Å²) in [7, 11) is 3.14. The number of nitrogens with one attached hydrogen (secondary N) is 1. The molecule has 0 unspecified atom stereocenters. The second kappa shape index (κ2) is 6.37. The first-order chi connectivity index (χ1) is 11.1. The standard InChI is InChI=1S/C14H19N5O4/c1-8-4-10(23-18-8)5-9-6-22-7-11(9)15-13(20)12-16-14(21-3)19(2)17-12/h4,9,11H,5-7H2,1-3H3,(H,15,20)/t9-,11+/m1/s1. The van der Waals surface area contributed by atoms with E-state index in [1.165, 1.54) is 11.8 Å². The highest BCUT2D eigenvalue weighted by atomic mass is 16.5. The van der Waals surface area contributed by atoms with Gasteiger partial charge in [-0.1, -0.05) is 5.16 Å². The van der Waals surface area contributed by atoms with E-state index in [1.807, 2.05) is 13.0 Å². The Morgan fingerprint density at radius 2 is 2.35 bits per heavy atom. The Balaban J connectivity index is 1.64. The van der Waals surface area contributed by atoms with E-state index in [0.717, 1.165) is 11.5 Å². The maximum absolute atomic E-state index is 12.3. The van der Waals surface area contributed by atoms with E-state index in [0.29, 0.717) is 19.6 Å². The summed E-state index contributed by atoms with van der Waals surface area (Å²) in [5, 5.41) is 10.8. The molecule has 9 nitrogen and oxygen atoms in total. The van der Waals surface area contributed by atoms with Crippen LogP contribution in [0.5, 0.6) is 6.01 Å². The van der Waals surface area contributed by atoms with E-state index in [4.69, 9.17) is 14.0 Å². The predicted octanol–water partition coefficient (Wildman–Crippen LogP) is 0.108. The molecule has 0 aromatic carbocycles. The van der Waals surface area contributed by atoms with Crippen molar-refractivity contribution in [3.63, 3.8) is 0 Å². The highest BCUT2D eigenvalue weighted by molar-refractivity contribution is 5.90. The Hall–Kier alpha value is -2.42. The largest absolute Gasteiger partial charge is 0.467 e. The van der Waals surface area contributed by atoms with Crippen molar-refractivity contribution in [3.05, 3.63) is 23.3 Å². The van der Waals surface area contributed by atoms with Crippen molar-refractivity contribution in [3.8, 4) is 6.01 Å². The maximum atomic E-state index is 12.3. The van der Waals surface area contributed by atoms with Gasteiger partial charge in [0, 0.05) is 25.5 Å². The zero-order valence-corrected chi connectivity index (χ0v) is 13.3. The van der Waals surface area contributed by atoms with Crippen LogP contribution < -0.4 is 10.1 Å². The minimum atomic E-state index is -0.349. The number of amides is 1. The zero-order chi connectivity index (χ0) is 16.4. The zero-order valence-electron chi connectivity index (χ0n) is 13.3. The summed E-state index contributed by atoms with van der Waals surface area (Å²) in [5.74, 6) is 0.635. The number of methoxy groups -OCH3 is 1. The normalized spacial score (nSPS) is 20.7. The van der Waals surface area contributed by atoms with E-state index in [1.54, 1.807) is 7.05 Å². The molecule has 0 saturated carbocycles. The highest BCUT2D eigenvalue weighted by Crippen LogP contribution is 2.20. The Labute approximate surface area is 132 Å². The molecule has 2 atom stereocenters. The summed E-state index contributed by atoms with van der Waals surface area (Å²) in [6.45, 7) is 2.88. The van der Waals surface area contributed by atoms with E-state index >= 15 is 0 Å². The van der Waals surface area contributed by atoms with Crippen LogP contribution in [0.1, 0.15) is 22.1 Å². The number of aryl methyl sites for hydroxylation is 2. The fourth-order valence-electron chi connectivity index (χ4n) is 2.61. The molecule has 0 aliphatic carbocycles. The minimum Gasteiger partial charge on any atom is -0.467 e. The van der Waals surface area contributed by atoms with Gasteiger partial charge in [0.25, 0.3) is 5.91 Å². The van der Waals surface area contributed by atoms with Gasteiger partial charge in [-0.05, 0) is 6.92 Å². The van der Waals surface area contributed by atoms with Crippen LogP contribution in [0.4, 0.5) is 0 Å². The van der Waals surface area contributed by atoms with Crippen molar-refractivity contribution in [2.45, 2.75) is 19.4 Å². The first-order valence-corrected chi connectivity index (χ1v) is 7.32. The molecule has 2 aromatic heterocycles. The Morgan fingerprint density at radius 1 is 1.52 bits per heavy atom. The van der Waals surface area contributed by atoms with Gasteiger partial charge in [-0.15, -0.1) is 5.10 Å². The van der Waals surface area contributed by atoms with E-state index in [-0.39, 0.29) is 29.7 Å². The van der Waals surface area contributed by atoms with Gasteiger partial charge >= 0.3 is 6.01 Å². The third-order valence-electron chi connectivity index (χ3n) is 3.76. The number of carbonyl (C=O) groups is 1. The lowest BCUT2D eigenvalue weighted by molar-refractivity contribution is 0.0913. The van der Waals surface area contributed by atoms with Gasteiger partial charge < -0.3 is 19.3 Å². The lowest BCUT2D eigenvalue weighted by Gasteiger charge is -2.16. The van der Waals surface area contributed by atoms with Crippen molar-refractivity contribution in [1.29, 1.82) is 0 Å². The molecule has 1 aliphatic rings. The highest BCUT2D eigenvalue weighted by Gasteiger charge is 2.32. The Bertz CT molecular complexity index is 695. The van der Waals surface area contributed by atoms with Crippen LogP contribution in [0.25, 0.3) is 0 Å². The molecule has 0 bridgehead atoms. The van der Waals surface area contributed by atoms with Crippen molar-refractivity contribution in [1.82, 2.24) is 25.2 Å². The maximum Gasteiger partial charge on any atom is 0.314 e. The number of carbonyl (C=O) groups excluding carboxylic acids is 1. The monoisotopic (exact) mass is 321 g/mol. The summed E-state index contributed by atoms with van der Waals surface area (Å²) in [6, 6.07) is 2.05. The smallest absolute Gasteiger partial charge is 0.314 e. The first-order valence-electron chi connectivity index (χ1n) is 7.32. The molecule has 1 saturated heterocycles. The number of hydrogen-bond acceptors (Lipinski definition) is 7. The lowest BCUT2D eigenvalue weighted by Crippen LogP contribution is -2.41. The van der Waals surface area contributed by atoms with Crippen LogP contribution in [-0.4, -0.2) is 52.2 Å². The van der Waals surface area contributed by atoms with Gasteiger partial charge in [0.05, 0.1) is 32.1 Å². The number of hydrogen-bond donors (Lipinski definition) is 1. The van der Waals surface area contributed by atoms with Gasteiger partial charge in [0.2, 0.25) is 5.82 Å². The Morgan fingerprint density at radius 3 is 3.00 bits per heavy atom. The number of rotatable bonds is 5. The van der Waals surface area contributed by atoms with E-state index in [9.17, 15) is 4.79 Å². The summed E-state index contributed by atoms with van der Waals surface area (Å²) < 4.78 is 17.1. The van der Waals surface area contributed by atoms with Crippen LogP contribution in [-0.2, 0) is 18.2 Å². The third-order valence-corrected chi connectivity index (χ3v) is 3.76. The molecule has 1 amide bonds. The van der Waals surface area contributed by atoms with Gasteiger partial charge in [-0.2, -0.15) is 4.98 Å². The summed E-state index contributed by atoms with van der Waals surface area (Å²) >= 11 is 0. The second-order valence-electron chi connectivity index (χ2n) is 5.56. The molecule has 9 heteroatoms. The van der Waals surface area contributed by atoms with E-state index < -0.39 is 0 Å². The topological polar surface area (TPSA) is 104 Å². The van der Waals surface area contributed by atoms with Crippen LogP contribution in [0.15, 0.2) is 10.6 Å². The van der Waals surface area contributed by atoms with Crippen molar-refractivity contribution in [2.75, 3.05) is 20.3 Å². The molecule has 0 radical (unpaired) electrons. The molecule has 3 rings (SSSR count). The SMILES string of the molecule is COc1nc(C(=O)N[C@H]2COC[C@H]2Cc2cc(C)no2)nn1C. The molecule has 124 valence electrons. The van der Waals surface area contributed by atoms with Crippen molar-refractivity contribution in [2.24, 2.45) is 13.0 Å². The average molecular weight is 321 g/mol. The average Bonchev–Trinajstić information content (AvgIpc) is 3.21. The van der Waals surface area contributed by atoms with Crippen molar-refractivity contribution < 1.29 is 18.8 Å². The molecule has 1 N–H and O–H groups in total. The van der Waals surface area contributed by atoms with E-state index in [2.05, 4.69) is 20.6 Å².